The van der Waals surface area contributed by atoms with Crippen LogP contribution >= 0.6 is 0 Å². The average molecular weight is 592 g/mol. The molecule has 4 atom stereocenters. The maximum atomic E-state index is 13.3. The van der Waals surface area contributed by atoms with Crippen LogP contribution in [0.25, 0.3) is 0 Å². The minimum atomic E-state index is -0.364. The number of urea groups is 1. The molecule has 1 aliphatic carbocycles. The molecular formula is C32H45N7O4. The Hall–Kier alpha value is -3.67. The first kappa shape index (κ1) is 30.8. The van der Waals surface area contributed by atoms with Crippen molar-refractivity contribution < 1.29 is 19.0 Å². The first-order valence-electron chi connectivity index (χ1n) is 15.0. The number of benzene rings is 1. The average Bonchev–Trinajstić information content (AvgIpc) is 3.34. The number of nitrogens with one attached hydrogen (secondary N) is 3. The lowest BCUT2D eigenvalue weighted by Gasteiger charge is -2.44. The number of hydrazine groups is 1. The lowest BCUT2D eigenvalue weighted by atomic mass is 9.76. The summed E-state index contributed by atoms with van der Waals surface area (Å²) in [5.74, 6) is 2.62. The molecule has 0 radical (unpaired) electrons. The van der Waals surface area contributed by atoms with E-state index < -0.39 is 0 Å². The number of nitrogens with zero attached hydrogens (tertiary/aromatic N) is 4. The fourth-order valence-electron chi connectivity index (χ4n) is 5.53. The molecule has 11 heteroatoms. The van der Waals surface area contributed by atoms with E-state index >= 15 is 0 Å². The molecule has 11 nitrogen and oxygen atoms in total. The van der Waals surface area contributed by atoms with Crippen molar-refractivity contribution in [2.75, 3.05) is 38.3 Å². The van der Waals surface area contributed by atoms with Crippen molar-refractivity contribution in [3.63, 3.8) is 0 Å². The third kappa shape index (κ3) is 6.95. The smallest absolute Gasteiger partial charge is 0.320 e. The van der Waals surface area contributed by atoms with Crippen LogP contribution in [0.2, 0.25) is 0 Å². The summed E-state index contributed by atoms with van der Waals surface area (Å²) in [6.07, 6.45) is 8.94. The van der Waals surface area contributed by atoms with Crippen LogP contribution < -0.4 is 25.7 Å². The molecule has 2 amide bonds. The van der Waals surface area contributed by atoms with Gasteiger partial charge < -0.3 is 24.4 Å². The highest BCUT2D eigenvalue weighted by Crippen LogP contribution is 2.39. The quantitative estimate of drug-likeness (QED) is 0.386. The van der Waals surface area contributed by atoms with Crippen LogP contribution in [0.1, 0.15) is 46.6 Å². The molecule has 0 spiro atoms. The zero-order valence-electron chi connectivity index (χ0n) is 26.1. The van der Waals surface area contributed by atoms with Gasteiger partial charge in [0.25, 0.3) is 0 Å². The number of hydrogen-bond acceptors (Lipinski definition) is 9. The Morgan fingerprint density at radius 1 is 1.21 bits per heavy atom. The SMILES string of the molecule is COC1C=CCC(N2NC(C)(C(C)(C)C)C=C2NC(=O)NCc2ccccc2Oc2ccnc(N3CCOCC3)n2)C1C. The molecule has 1 aromatic heterocycles. The van der Waals surface area contributed by atoms with Crippen molar-refractivity contribution in [1.29, 1.82) is 0 Å². The number of hydrogen-bond donors (Lipinski definition) is 3. The number of carbonyl (C=O) groups is 1. The number of amides is 2. The second kappa shape index (κ2) is 12.9. The van der Waals surface area contributed by atoms with Crippen molar-refractivity contribution in [2.24, 2.45) is 11.3 Å². The first-order chi connectivity index (χ1) is 20.6. The fraction of sp³-hybridized carbons (Fsp3) is 0.531. The van der Waals surface area contributed by atoms with E-state index in [0.717, 1.165) is 30.9 Å². The Kier molecular flexibility index (Phi) is 9.24. The van der Waals surface area contributed by atoms with E-state index in [1.807, 2.05) is 24.3 Å². The molecule has 1 aromatic carbocycles. The summed E-state index contributed by atoms with van der Waals surface area (Å²) in [5, 5.41) is 8.25. The Morgan fingerprint density at radius 2 is 1.98 bits per heavy atom. The zero-order valence-corrected chi connectivity index (χ0v) is 26.1. The Bertz CT molecular complexity index is 1340. The lowest BCUT2D eigenvalue weighted by Crippen LogP contribution is -2.58. The topological polar surface area (TPSA) is 113 Å². The van der Waals surface area contributed by atoms with Crippen molar-refractivity contribution in [2.45, 2.75) is 65.3 Å². The molecule has 2 aliphatic heterocycles. The van der Waals surface area contributed by atoms with Gasteiger partial charge in [0.2, 0.25) is 11.8 Å². The second-order valence-corrected chi connectivity index (χ2v) is 12.6. The molecule has 43 heavy (non-hydrogen) atoms. The highest BCUT2D eigenvalue weighted by atomic mass is 16.5. The van der Waals surface area contributed by atoms with Gasteiger partial charge in [0.1, 0.15) is 11.6 Å². The van der Waals surface area contributed by atoms with Crippen LogP contribution in [0.3, 0.4) is 0 Å². The summed E-state index contributed by atoms with van der Waals surface area (Å²) in [7, 11) is 1.74. The van der Waals surface area contributed by atoms with Gasteiger partial charge >= 0.3 is 6.03 Å². The van der Waals surface area contributed by atoms with E-state index in [4.69, 9.17) is 14.2 Å². The summed E-state index contributed by atoms with van der Waals surface area (Å²) in [5.41, 5.74) is 4.08. The van der Waals surface area contributed by atoms with Crippen molar-refractivity contribution >= 4 is 12.0 Å². The number of ether oxygens (including phenoxy) is 3. The number of rotatable bonds is 8. The molecule has 3 N–H and O–H groups in total. The number of carbonyl (C=O) groups excluding carboxylic acids is 1. The Morgan fingerprint density at radius 3 is 2.72 bits per heavy atom. The number of morpholine rings is 1. The lowest BCUT2D eigenvalue weighted by molar-refractivity contribution is 0.0116. The summed E-state index contributed by atoms with van der Waals surface area (Å²) in [6, 6.07) is 9.16. The van der Waals surface area contributed by atoms with E-state index in [0.29, 0.717) is 30.8 Å². The van der Waals surface area contributed by atoms with Gasteiger partial charge in [-0.05, 0) is 30.9 Å². The molecule has 1 fully saturated rings. The van der Waals surface area contributed by atoms with Gasteiger partial charge in [0, 0.05) is 50.5 Å². The van der Waals surface area contributed by atoms with Crippen LogP contribution in [0.5, 0.6) is 11.6 Å². The summed E-state index contributed by atoms with van der Waals surface area (Å²) in [4.78, 5) is 24.4. The molecule has 3 aliphatic rings. The van der Waals surface area contributed by atoms with Crippen LogP contribution in [-0.4, -0.2) is 72.1 Å². The minimum Gasteiger partial charge on any atom is -0.439 e. The van der Waals surface area contributed by atoms with Gasteiger partial charge in [0.15, 0.2) is 0 Å². The maximum Gasteiger partial charge on any atom is 0.320 e. The minimum absolute atomic E-state index is 0.00783. The van der Waals surface area contributed by atoms with Gasteiger partial charge in [0.05, 0.1) is 30.9 Å². The molecule has 232 valence electrons. The normalized spacial score (nSPS) is 25.8. The Balaban J connectivity index is 1.27. The second-order valence-electron chi connectivity index (χ2n) is 12.6. The fourth-order valence-corrected chi connectivity index (χ4v) is 5.53. The van der Waals surface area contributed by atoms with E-state index in [2.05, 4.69) is 88.8 Å². The molecule has 3 heterocycles. The van der Waals surface area contributed by atoms with Crippen LogP contribution in [-0.2, 0) is 16.0 Å². The summed E-state index contributed by atoms with van der Waals surface area (Å²) >= 11 is 0. The molecule has 0 bridgehead atoms. The molecule has 5 rings (SSSR count). The third-order valence-corrected chi connectivity index (χ3v) is 8.81. The van der Waals surface area contributed by atoms with Crippen LogP contribution in [0.15, 0.2) is 60.6 Å². The van der Waals surface area contributed by atoms with Crippen molar-refractivity contribution in [1.82, 2.24) is 31.0 Å². The van der Waals surface area contributed by atoms with Gasteiger partial charge in [-0.1, -0.05) is 58.0 Å². The maximum absolute atomic E-state index is 13.3. The number of para-hydroxylation sites is 1. The largest absolute Gasteiger partial charge is 0.439 e. The van der Waals surface area contributed by atoms with Crippen LogP contribution in [0, 0.1) is 11.3 Å². The van der Waals surface area contributed by atoms with Crippen molar-refractivity contribution in [3.8, 4) is 11.6 Å². The van der Waals surface area contributed by atoms with Gasteiger partial charge in [-0.15, -0.1) is 0 Å². The molecule has 1 saturated heterocycles. The third-order valence-electron chi connectivity index (χ3n) is 8.81. The molecule has 4 unspecified atom stereocenters. The van der Waals surface area contributed by atoms with E-state index in [-0.39, 0.29) is 41.6 Å². The standard InChI is InChI=1S/C32H45N7O4/c1-22-24(11-9-13-25(22)41-6)39-27(20-32(5,37-39)31(2,3)4)35-30(40)34-21-23-10-7-8-12-26(23)43-28-14-15-33-29(36-28)38-16-18-42-19-17-38/h7-10,12-15,20,22,24-25,37H,11,16-19,21H2,1-6H3,(H2,34,35,40). The zero-order chi connectivity index (χ0) is 30.6. The predicted molar refractivity (Wildman–Crippen MR) is 165 cm³/mol. The van der Waals surface area contributed by atoms with Gasteiger partial charge in [-0.3, -0.25) is 10.3 Å². The monoisotopic (exact) mass is 591 g/mol. The van der Waals surface area contributed by atoms with Gasteiger partial charge in [-0.2, -0.15) is 4.98 Å². The molecular weight excluding hydrogens is 546 g/mol. The van der Waals surface area contributed by atoms with Crippen molar-refractivity contribution in [3.05, 3.63) is 66.1 Å². The molecule has 0 saturated carbocycles. The van der Waals surface area contributed by atoms with E-state index in [9.17, 15) is 4.79 Å². The van der Waals surface area contributed by atoms with Crippen LogP contribution in [0.4, 0.5) is 10.7 Å². The Labute approximate surface area is 254 Å². The summed E-state index contributed by atoms with van der Waals surface area (Å²) < 4.78 is 17.3. The highest BCUT2D eigenvalue weighted by molar-refractivity contribution is 5.76. The molecule has 2 aromatic rings. The number of aromatic nitrogens is 2. The van der Waals surface area contributed by atoms with E-state index in [1.54, 1.807) is 19.4 Å². The van der Waals surface area contributed by atoms with Gasteiger partial charge in [-0.25, -0.2) is 15.2 Å². The first-order valence-corrected chi connectivity index (χ1v) is 15.0. The number of anilines is 1. The highest BCUT2D eigenvalue weighted by Gasteiger charge is 2.46. The summed E-state index contributed by atoms with van der Waals surface area (Å²) in [6.45, 7) is 14.0. The van der Waals surface area contributed by atoms with E-state index in [1.165, 1.54) is 0 Å². The number of methoxy groups -OCH3 is 1. The predicted octanol–water partition coefficient (Wildman–Crippen LogP) is 4.35.